The molecule has 4 aliphatic rings. The van der Waals surface area contributed by atoms with Crippen LogP contribution in [0.15, 0.2) is 137 Å². The molecule has 0 fully saturated rings. The van der Waals surface area contributed by atoms with Crippen molar-refractivity contribution < 1.29 is 4.58 Å². The zero-order valence-corrected chi connectivity index (χ0v) is 24.5. The highest BCUT2D eigenvalue weighted by Crippen LogP contribution is 2.49. The quantitative estimate of drug-likeness (QED) is 0.190. The first-order valence-electron chi connectivity index (χ1n) is 13.3. The van der Waals surface area contributed by atoms with Gasteiger partial charge in [0.2, 0.25) is 22.8 Å². The van der Waals surface area contributed by atoms with Gasteiger partial charge < -0.3 is 0 Å². The molecular weight excluding hydrogens is 565 g/mol. The molecule has 2 aliphatic heterocycles. The van der Waals surface area contributed by atoms with Crippen LogP contribution in [0, 0.1) is 0 Å². The zero-order valence-electron chi connectivity index (χ0n) is 21.2. The predicted molar refractivity (Wildman–Crippen MR) is 177 cm³/mol. The Morgan fingerprint density at radius 2 is 1.32 bits per heavy atom. The molecule has 2 nitrogen and oxygen atoms in total. The Kier molecular flexibility index (Phi) is 5.27. The standard InChI is InChI=1S/C34H22N2S4/c1-5-13-27-21(9-1)17-33(39-27)35-23-11-3-7-15-29(23)37-31-20-32-26(19-25(31)35)36(24-12-4-8-16-30(24)38-32)34-18-22-10-2-6-14-28(22)40-34/h1-20,29,32H/q+2. The maximum absolute atomic E-state index is 2.52. The van der Waals surface area contributed by atoms with Crippen LogP contribution in [-0.2, 0) is 0 Å². The molecule has 0 N–H and O–H groups in total. The van der Waals surface area contributed by atoms with Gasteiger partial charge in [-0.25, -0.2) is 0 Å². The second-order valence-electron chi connectivity index (χ2n) is 10.1. The van der Waals surface area contributed by atoms with Crippen LogP contribution in [0.25, 0.3) is 20.2 Å². The molecule has 3 aromatic carbocycles. The van der Waals surface area contributed by atoms with E-state index in [1.165, 1.54) is 62.8 Å². The van der Waals surface area contributed by atoms with E-state index in [1.54, 1.807) is 0 Å². The lowest BCUT2D eigenvalue weighted by molar-refractivity contribution is -0.374. The van der Waals surface area contributed by atoms with Crippen molar-refractivity contribution in [1.29, 1.82) is 0 Å². The number of hydrogen-bond acceptors (Lipinski definition) is 4. The van der Waals surface area contributed by atoms with Gasteiger partial charge in [-0.2, -0.15) is 0 Å². The Morgan fingerprint density at radius 1 is 0.625 bits per heavy atom. The van der Waals surface area contributed by atoms with E-state index in [-0.39, 0.29) is 5.25 Å². The maximum Gasteiger partial charge on any atom is 0.268 e. The molecule has 4 heterocycles. The van der Waals surface area contributed by atoms with Gasteiger partial charge in [-0.1, -0.05) is 89.4 Å². The molecule has 6 heteroatoms. The Balaban J connectivity index is 1.32. The third-order valence-corrected chi connectivity index (χ3v) is 12.4. The van der Waals surface area contributed by atoms with Crippen molar-refractivity contribution >= 4 is 93.5 Å². The van der Waals surface area contributed by atoms with Gasteiger partial charge in [0.25, 0.3) is 10.0 Å². The van der Waals surface area contributed by atoms with E-state index in [0.29, 0.717) is 5.25 Å². The van der Waals surface area contributed by atoms with Crippen molar-refractivity contribution in [3.63, 3.8) is 0 Å². The lowest BCUT2D eigenvalue weighted by Gasteiger charge is -2.28. The summed E-state index contributed by atoms with van der Waals surface area (Å²) in [5, 5.41) is 5.70. The van der Waals surface area contributed by atoms with E-state index in [2.05, 4.69) is 131 Å². The molecular formula is C34H22N2S4+2. The van der Waals surface area contributed by atoms with E-state index < -0.39 is 0 Å². The average molecular weight is 587 g/mol. The molecule has 40 heavy (non-hydrogen) atoms. The predicted octanol–water partition coefficient (Wildman–Crippen LogP) is 9.67. The summed E-state index contributed by atoms with van der Waals surface area (Å²) in [4.78, 5) is 2.69. The molecule has 2 aromatic heterocycles. The molecule has 0 bridgehead atoms. The Morgan fingerprint density at radius 3 is 2.10 bits per heavy atom. The number of fused-ring (bicyclic) bond motifs is 6. The summed E-state index contributed by atoms with van der Waals surface area (Å²) in [6.07, 6.45) is 14.0. The normalized spacial score (nSPS) is 21.2. The highest BCUT2D eigenvalue weighted by molar-refractivity contribution is 8.05. The van der Waals surface area contributed by atoms with Crippen LogP contribution in [0.1, 0.15) is 0 Å². The van der Waals surface area contributed by atoms with Gasteiger partial charge in [0, 0.05) is 33.7 Å². The SMILES string of the molecule is C1=CC2=[N+](c3cc4ccccc4s3)C3=CC4=[N+](c5cc6ccccc6s5)c5ccccc5SC4C=C3SC2C=C1. The first kappa shape index (κ1) is 23.3. The Labute approximate surface area is 248 Å². The summed E-state index contributed by atoms with van der Waals surface area (Å²) in [5.41, 5.74) is 5.20. The van der Waals surface area contributed by atoms with Crippen LogP contribution in [0.2, 0.25) is 0 Å². The topological polar surface area (TPSA) is 6.02 Å². The molecule has 9 rings (SSSR count). The summed E-state index contributed by atoms with van der Waals surface area (Å²) in [6, 6.07) is 31.0. The van der Waals surface area contributed by atoms with Crippen LogP contribution >= 0.6 is 46.2 Å². The number of thioether (sulfide) groups is 2. The van der Waals surface area contributed by atoms with Crippen LogP contribution in [0.3, 0.4) is 0 Å². The summed E-state index contributed by atoms with van der Waals surface area (Å²) < 4.78 is 7.69. The minimum Gasteiger partial charge on any atom is -0.146 e. The van der Waals surface area contributed by atoms with E-state index in [1.807, 2.05) is 46.2 Å². The highest BCUT2D eigenvalue weighted by Gasteiger charge is 2.45. The van der Waals surface area contributed by atoms with Gasteiger partial charge in [-0.3, -0.25) is 0 Å². The van der Waals surface area contributed by atoms with E-state index >= 15 is 0 Å². The molecule has 0 saturated carbocycles. The number of hydrogen-bond donors (Lipinski definition) is 0. The lowest BCUT2D eigenvalue weighted by atomic mass is 10.0. The number of rotatable bonds is 2. The van der Waals surface area contributed by atoms with Crippen molar-refractivity contribution in [3.8, 4) is 0 Å². The Bertz CT molecular complexity index is 2010. The summed E-state index contributed by atoms with van der Waals surface area (Å²) >= 11 is 7.70. The van der Waals surface area contributed by atoms with E-state index in [0.717, 1.165) is 0 Å². The fourth-order valence-corrected chi connectivity index (χ4v) is 10.6. The van der Waals surface area contributed by atoms with Gasteiger partial charge in [0.1, 0.15) is 10.5 Å². The molecule has 2 aliphatic carbocycles. The van der Waals surface area contributed by atoms with E-state index in [9.17, 15) is 0 Å². The molecule has 5 aromatic rings. The van der Waals surface area contributed by atoms with Crippen molar-refractivity contribution in [2.75, 3.05) is 0 Å². The molecule has 0 radical (unpaired) electrons. The number of allylic oxidation sites excluding steroid dienone is 4. The third-order valence-electron chi connectivity index (χ3n) is 7.72. The minimum atomic E-state index is 0.250. The van der Waals surface area contributed by atoms with Gasteiger partial charge in [-0.15, -0.1) is 32.7 Å². The van der Waals surface area contributed by atoms with E-state index in [4.69, 9.17) is 0 Å². The molecule has 2 unspecified atom stereocenters. The van der Waals surface area contributed by atoms with Crippen molar-refractivity contribution in [2.45, 2.75) is 15.4 Å². The molecule has 0 spiro atoms. The van der Waals surface area contributed by atoms with Gasteiger partial charge in [0.15, 0.2) is 0 Å². The summed E-state index contributed by atoms with van der Waals surface area (Å²) in [7, 11) is 0. The van der Waals surface area contributed by atoms with Crippen molar-refractivity contribution in [2.24, 2.45) is 0 Å². The van der Waals surface area contributed by atoms with Crippen molar-refractivity contribution in [3.05, 3.63) is 132 Å². The monoisotopic (exact) mass is 586 g/mol. The Hall–Kier alpha value is -3.42. The van der Waals surface area contributed by atoms with Crippen LogP contribution < -0.4 is 4.58 Å². The molecule has 0 saturated heterocycles. The van der Waals surface area contributed by atoms with Crippen LogP contribution in [-0.4, -0.2) is 26.5 Å². The van der Waals surface area contributed by atoms with Gasteiger partial charge >= 0.3 is 0 Å². The lowest BCUT2D eigenvalue weighted by Crippen LogP contribution is -2.36. The largest absolute Gasteiger partial charge is 0.268 e. The summed E-state index contributed by atoms with van der Waals surface area (Å²) in [6.45, 7) is 0. The van der Waals surface area contributed by atoms with Crippen molar-refractivity contribution in [1.82, 2.24) is 4.58 Å². The minimum absolute atomic E-state index is 0.250. The second-order valence-corrected chi connectivity index (χ2v) is 14.6. The van der Waals surface area contributed by atoms with Crippen LogP contribution in [0.4, 0.5) is 15.7 Å². The molecule has 2 atom stereocenters. The molecule has 0 amide bonds. The number of nitrogens with zero attached hydrogens (tertiary/aromatic N) is 2. The zero-order chi connectivity index (χ0) is 26.2. The first-order valence-corrected chi connectivity index (χ1v) is 16.7. The third kappa shape index (κ3) is 3.57. The summed E-state index contributed by atoms with van der Waals surface area (Å²) in [5.74, 6) is 0. The fourth-order valence-electron chi connectivity index (χ4n) is 5.92. The maximum atomic E-state index is 2.52. The fraction of sp³-hybridized carbons (Fsp3) is 0.0588. The van der Waals surface area contributed by atoms with Gasteiger partial charge in [-0.05, 0) is 35.0 Å². The second kappa shape index (κ2) is 9.05. The number of benzene rings is 3. The molecule has 190 valence electrons. The highest BCUT2D eigenvalue weighted by atomic mass is 32.2. The average Bonchev–Trinajstić information content (AvgIpc) is 3.62. The number of para-hydroxylation sites is 1. The smallest absolute Gasteiger partial charge is 0.146 e. The number of thiophene rings is 2. The first-order chi connectivity index (χ1) is 19.8. The van der Waals surface area contributed by atoms with Crippen LogP contribution in [0.5, 0.6) is 0 Å². The van der Waals surface area contributed by atoms with Gasteiger partial charge in [0.05, 0.1) is 15.9 Å².